The first-order valence-corrected chi connectivity index (χ1v) is 11.9. The van der Waals surface area contributed by atoms with Gasteiger partial charge < -0.3 is 9.47 Å². The molecule has 2 aromatic carbocycles. The fourth-order valence-electron chi connectivity index (χ4n) is 2.49. The van der Waals surface area contributed by atoms with Gasteiger partial charge in [-0.2, -0.15) is 5.26 Å². The van der Waals surface area contributed by atoms with Gasteiger partial charge in [-0.1, -0.05) is 17.4 Å². The number of nitrogens with zero attached hydrogens (tertiary/aromatic N) is 3. The first kappa shape index (κ1) is 24.5. The average Bonchev–Trinajstić information content (AvgIpc) is 3.27. The fraction of sp³-hybridized carbons (Fsp3) is 0.0952. The van der Waals surface area contributed by atoms with Crippen molar-refractivity contribution in [2.75, 3.05) is 18.7 Å². The molecule has 0 unspecified atom stereocenters. The molecule has 1 amide bonds. The van der Waals surface area contributed by atoms with Gasteiger partial charge in [0.25, 0.3) is 5.91 Å². The standard InChI is InChI=1S/C21H15FN4O6S2/c1-31-17-10-12(3-8-16(17)32-19(28)13-4-6-15(22)7-5-13)9-14(11-23)18(27)24-20-25-26-21(33-20)34(2,29)30/h3-10H,1-2H3,(H,24,25,27)/b14-9-. The van der Waals surface area contributed by atoms with E-state index in [-0.39, 0.29) is 32.1 Å². The van der Waals surface area contributed by atoms with Gasteiger partial charge in [-0.15, -0.1) is 10.2 Å². The Morgan fingerprint density at radius 3 is 2.44 bits per heavy atom. The van der Waals surface area contributed by atoms with Gasteiger partial charge in [0.05, 0.1) is 12.7 Å². The Bertz CT molecular complexity index is 1430. The zero-order valence-corrected chi connectivity index (χ0v) is 19.2. The number of methoxy groups -OCH3 is 1. The maximum absolute atomic E-state index is 13.0. The Hall–Kier alpha value is -4.15. The number of carbonyl (C=O) groups is 2. The minimum absolute atomic E-state index is 0.0686. The molecule has 0 aliphatic rings. The molecule has 0 bridgehead atoms. The number of benzene rings is 2. The van der Waals surface area contributed by atoms with Crippen molar-refractivity contribution in [3.05, 3.63) is 65.0 Å². The largest absolute Gasteiger partial charge is 0.493 e. The van der Waals surface area contributed by atoms with Crippen LogP contribution in [0.3, 0.4) is 0 Å². The fourth-order valence-corrected chi connectivity index (χ4v) is 4.00. The maximum atomic E-state index is 13.0. The number of rotatable bonds is 7. The molecule has 0 atom stereocenters. The van der Waals surface area contributed by atoms with Crippen molar-refractivity contribution in [3.8, 4) is 17.6 Å². The van der Waals surface area contributed by atoms with E-state index in [1.54, 1.807) is 6.07 Å². The molecule has 3 aromatic rings. The number of halogens is 1. The number of esters is 1. The molecule has 0 aliphatic heterocycles. The van der Waals surface area contributed by atoms with Crippen LogP contribution < -0.4 is 14.8 Å². The number of sulfone groups is 1. The van der Waals surface area contributed by atoms with Crippen LogP contribution in [0.25, 0.3) is 6.08 Å². The Kier molecular flexibility index (Phi) is 7.34. The van der Waals surface area contributed by atoms with Crippen molar-refractivity contribution < 1.29 is 31.9 Å². The van der Waals surface area contributed by atoms with E-state index >= 15 is 0 Å². The van der Waals surface area contributed by atoms with Gasteiger partial charge in [0.2, 0.25) is 19.3 Å². The Labute approximate surface area is 197 Å². The second kappa shape index (κ2) is 10.2. The van der Waals surface area contributed by atoms with Crippen LogP contribution in [0, 0.1) is 17.1 Å². The monoisotopic (exact) mass is 502 g/mol. The summed E-state index contributed by atoms with van der Waals surface area (Å²) in [6.45, 7) is 0. The van der Waals surface area contributed by atoms with Crippen LogP contribution in [0.1, 0.15) is 15.9 Å². The molecule has 0 saturated heterocycles. The first-order chi connectivity index (χ1) is 16.1. The maximum Gasteiger partial charge on any atom is 0.343 e. The third-order valence-electron chi connectivity index (χ3n) is 4.09. The zero-order valence-electron chi connectivity index (χ0n) is 17.6. The molecule has 1 heterocycles. The molecule has 0 fully saturated rings. The number of hydrogen-bond donors (Lipinski definition) is 1. The number of nitrogens with one attached hydrogen (secondary N) is 1. The van der Waals surface area contributed by atoms with Gasteiger partial charge in [0.15, 0.2) is 11.5 Å². The zero-order chi connectivity index (χ0) is 24.9. The van der Waals surface area contributed by atoms with Crippen molar-refractivity contribution in [1.82, 2.24) is 10.2 Å². The van der Waals surface area contributed by atoms with E-state index in [9.17, 15) is 27.7 Å². The minimum atomic E-state index is -3.58. The van der Waals surface area contributed by atoms with Gasteiger partial charge in [-0.3, -0.25) is 10.1 Å². The van der Waals surface area contributed by atoms with E-state index < -0.39 is 27.5 Å². The number of anilines is 1. The summed E-state index contributed by atoms with van der Waals surface area (Å²) in [7, 11) is -2.25. The van der Waals surface area contributed by atoms with E-state index in [2.05, 4.69) is 15.5 Å². The molecular weight excluding hydrogens is 487 g/mol. The number of nitriles is 1. The Balaban J connectivity index is 1.78. The number of carbonyl (C=O) groups excluding carboxylic acids is 2. The van der Waals surface area contributed by atoms with Gasteiger partial charge >= 0.3 is 5.97 Å². The van der Waals surface area contributed by atoms with Crippen molar-refractivity contribution in [2.24, 2.45) is 0 Å². The Morgan fingerprint density at radius 1 is 1.15 bits per heavy atom. The van der Waals surface area contributed by atoms with Crippen LogP contribution in [0.4, 0.5) is 9.52 Å². The van der Waals surface area contributed by atoms with E-state index in [0.717, 1.165) is 18.4 Å². The molecule has 10 nitrogen and oxygen atoms in total. The van der Waals surface area contributed by atoms with Crippen molar-refractivity contribution in [1.29, 1.82) is 5.26 Å². The lowest BCUT2D eigenvalue weighted by Gasteiger charge is -2.10. The van der Waals surface area contributed by atoms with Crippen LogP contribution in [-0.2, 0) is 14.6 Å². The van der Waals surface area contributed by atoms with Gasteiger partial charge in [-0.25, -0.2) is 17.6 Å². The van der Waals surface area contributed by atoms with E-state index in [1.807, 2.05) is 0 Å². The quantitative estimate of drug-likeness (QED) is 0.169. The summed E-state index contributed by atoms with van der Waals surface area (Å²) in [5, 5.41) is 18.7. The van der Waals surface area contributed by atoms with Crippen molar-refractivity contribution in [2.45, 2.75) is 4.34 Å². The predicted octanol–water partition coefficient (Wildman–Crippen LogP) is 2.85. The molecule has 0 radical (unpaired) electrons. The highest BCUT2D eigenvalue weighted by Crippen LogP contribution is 2.30. The summed E-state index contributed by atoms with van der Waals surface area (Å²) in [5.74, 6) is -1.85. The molecule has 0 spiro atoms. The summed E-state index contributed by atoms with van der Waals surface area (Å²) < 4.78 is 46.3. The lowest BCUT2D eigenvalue weighted by molar-refractivity contribution is -0.112. The third-order valence-corrected chi connectivity index (χ3v) is 6.60. The van der Waals surface area contributed by atoms with Crippen LogP contribution in [-0.4, -0.2) is 43.9 Å². The van der Waals surface area contributed by atoms with Gasteiger partial charge in [0, 0.05) is 6.26 Å². The number of hydrogen-bond acceptors (Lipinski definition) is 10. The van der Waals surface area contributed by atoms with Gasteiger partial charge in [0.1, 0.15) is 17.5 Å². The average molecular weight is 503 g/mol. The van der Waals surface area contributed by atoms with E-state index in [0.29, 0.717) is 16.9 Å². The molecule has 3 rings (SSSR count). The summed E-state index contributed by atoms with van der Waals surface area (Å²) >= 11 is 0.647. The van der Waals surface area contributed by atoms with E-state index in [1.165, 1.54) is 43.5 Å². The molecule has 34 heavy (non-hydrogen) atoms. The summed E-state index contributed by atoms with van der Waals surface area (Å²) in [4.78, 5) is 24.7. The number of aromatic nitrogens is 2. The molecular formula is C21H15FN4O6S2. The predicted molar refractivity (Wildman–Crippen MR) is 120 cm³/mol. The molecule has 1 N–H and O–H groups in total. The molecule has 13 heteroatoms. The number of ether oxygens (including phenoxy) is 2. The summed E-state index contributed by atoms with van der Waals surface area (Å²) in [5.41, 5.74) is 0.194. The second-order valence-corrected chi connectivity index (χ2v) is 9.74. The van der Waals surface area contributed by atoms with Gasteiger partial charge in [-0.05, 0) is 48.0 Å². The van der Waals surface area contributed by atoms with Crippen LogP contribution in [0.5, 0.6) is 11.5 Å². The SMILES string of the molecule is COc1cc(/C=C(/C#N)C(=O)Nc2nnc(S(C)(=O)=O)s2)ccc1OC(=O)c1ccc(F)cc1. The molecule has 0 aliphatic carbocycles. The lowest BCUT2D eigenvalue weighted by Crippen LogP contribution is -2.13. The smallest absolute Gasteiger partial charge is 0.343 e. The van der Waals surface area contributed by atoms with Crippen molar-refractivity contribution in [3.63, 3.8) is 0 Å². The Morgan fingerprint density at radius 2 is 1.85 bits per heavy atom. The van der Waals surface area contributed by atoms with Crippen LogP contribution in [0.15, 0.2) is 52.4 Å². The highest BCUT2D eigenvalue weighted by atomic mass is 32.2. The van der Waals surface area contributed by atoms with Crippen LogP contribution >= 0.6 is 11.3 Å². The third kappa shape index (κ3) is 6.00. The molecule has 174 valence electrons. The second-order valence-electron chi connectivity index (χ2n) is 6.58. The highest BCUT2D eigenvalue weighted by Gasteiger charge is 2.18. The molecule has 0 saturated carbocycles. The lowest BCUT2D eigenvalue weighted by atomic mass is 10.1. The first-order valence-electron chi connectivity index (χ1n) is 9.23. The normalized spacial score (nSPS) is 11.4. The highest BCUT2D eigenvalue weighted by molar-refractivity contribution is 7.92. The topological polar surface area (TPSA) is 148 Å². The van der Waals surface area contributed by atoms with Crippen molar-refractivity contribution >= 4 is 44.3 Å². The summed E-state index contributed by atoms with van der Waals surface area (Å²) in [6, 6.07) is 10.9. The molecule has 1 aromatic heterocycles. The number of amides is 1. The minimum Gasteiger partial charge on any atom is -0.493 e. The van der Waals surface area contributed by atoms with Crippen LogP contribution in [0.2, 0.25) is 0 Å². The van der Waals surface area contributed by atoms with E-state index in [4.69, 9.17) is 9.47 Å². The summed E-state index contributed by atoms with van der Waals surface area (Å²) in [6.07, 6.45) is 2.20.